The van der Waals surface area contributed by atoms with Crippen LogP contribution in [-0.4, -0.2) is 60.9 Å². The highest BCUT2D eigenvalue weighted by Gasteiger charge is 2.19. The molecule has 12 nitrogen and oxygen atoms in total. The lowest BCUT2D eigenvalue weighted by atomic mass is 10.0. The molecule has 0 saturated carbocycles. The Morgan fingerprint density at radius 1 is 0.673 bits per heavy atom. The molecule has 3 aromatic heterocycles. The minimum atomic E-state index is -3.31. The maximum Gasteiger partial charge on any atom is 0.229 e. The maximum absolute atomic E-state index is 12.0. The summed E-state index contributed by atoms with van der Waals surface area (Å²) in [5.74, 6) is 4.02. The van der Waals surface area contributed by atoms with Crippen LogP contribution in [-0.2, 0) is 29.3 Å². The molecule has 0 aliphatic carbocycles. The van der Waals surface area contributed by atoms with Crippen LogP contribution in [0.25, 0.3) is 11.4 Å². The molecule has 3 aromatic carbocycles. The van der Waals surface area contributed by atoms with E-state index in [1.165, 1.54) is 6.26 Å². The summed E-state index contributed by atoms with van der Waals surface area (Å²) in [5.41, 5.74) is 5.26. The van der Waals surface area contributed by atoms with Crippen LogP contribution in [0, 0.1) is 6.92 Å². The molecular weight excluding hydrogens is 679 g/mol. The van der Waals surface area contributed by atoms with Crippen LogP contribution in [0.15, 0.2) is 108 Å². The van der Waals surface area contributed by atoms with Gasteiger partial charge in [0.15, 0.2) is 15.7 Å². The molecule has 6 aromatic rings. The smallest absolute Gasteiger partial charge is 0.229 e. The largest absolute Gasteiger partial charge is 0.497 e. The predicted molar refractivity (Wildman–Crippen MR) is 200 cm³/mol. The first-order chi connectivity index (χ1) is 25.1. The third-order valence-corrected chi connectivity index (χ3v) is 9.36. The summed E-state index contributed by atoms with van der Waals surface area (Å²) >= 11 is 0. The number of hydrogen-bond acceptors (Lipinski definition) is 12. The van der Waals surface area contributed by atoms with Gasteiger partial charge in [-0.2, -0.15) is 9.97 Å². The van der Waals surface area contributed by atoms with Crippen molar-refractivity contribution >= 4 is 27.3 Å². The van der Waals surface area contributed by atoms with Crippen molar-refractivity contribution in [1.29, 1.82) is 0 Å². The number of rotatable bonds is 14. The van der Waals surface area contributed by atoms with E-state index in [1.807, 2.05) is 79.7 Å². The number of aryl methyl sites for hydroxylation is 1. The molecule has 0 bridgehead atoms. The molecule has 0 saturated heterocycles. The second-order valence-electron chi connectivity index (χ2n) is 12.1. The van der Waals surface area contributed by atoms with E-state index in [4.69, 9.17) is 34.1 Å². The number of pyridine rings is 2. The average Bonchev–Trinajstić information content (AvgIpc) is 3.15. The summed E-state index contributed by atoms with van der Waals surface area (Å²) in [5, 5.41) is 3.37. The van der Waals surface area contributed by atoms with Crippen molar-refractivity contribution in [2.24, 2.45) is 0 Å². The van der Waals surface area contributed by atoms with Gasteiger partial charge in [0.1, 0.15) is 23.1 Å². The zero-order chi connectivity index (χ0) is 36.7. The second kappa shape index (κ2) is 15.9. The zero-order valence-electron chi connectivity index (χ0n) is 29.6. The minimum absolute atomic E-state index is 0.268. The molecule has 0 spiro atoms. The fourth-order valence-electron chi connectivity index (χ4n) is 5.51. The summed E-state index contributed by atoms with van der Waals surface area (Å²) in [6.45, 7) is 2.88. The van der Waals surface area contributed by atoms with Gasteiger partial charge in [-0.1, -0.05) is 36.4 Å². The van der Waals surface area contributed by atoms with Crippen molar-refractivity contribution in [1.82, 2.24) is 24.9 Å². The monoisotopic (exact) mass is 717 g/mol. The molecule has 0 atom stereocenters. The molecule has 0 radical (unpaired) electrons. The van der Waals surface area contributed by atoms with Gasteiger partial charge < -0.3 is 24.4 Å². The summed E-state index contributed by atoms with van der Waals surface area (Å²) in [4.78, 5) is 26.2. The molecule has 52 heavy (non-hydrogen) atoms. The third kappa shape index (κ3) is 8.98. The summed E-state index contributed by atoms with van der Waals surface area (Å²) in [6.07, 6.45) is 5.15. The van der Waals surface area contributed by atoms with Gasteiger partial charge in [-0.15, -0.1) is 0 Å². The third-order valence-electron chi connectivity index (χ3n) is 8.24. The number of anilines is 3. The van der Waals surface area contributed by atoms with E-state index < -0.39 is 9.84 Å². The lowest BCUT2D eigenvalue weighted by Crippen LogP contribution is -2.25. The molecule has 0 unspecified atom stereocenters. The van der Waals surface area contributed by atoms with Crippen molar-refractivity contribution in [2.45, 2.75) is 31.3 Å². The van der Waals surface area contributed by atoms with Gasteiger partial charge in [0.05, 0.1) is 43.7 Å². The van der Waals surface area contributed by atoms with Crippen LogP contribution in [0.4, 0.5) is 17.5 Å². The van der Waals surface area contributed by atoms with Gasteiger partial charge in [0, 0.05) is 31.6 Å². The predicted octanol–water partition coefficient (Wildman–Crippen LogP) is 6.61. The lowest BCUT2D eigenvalue weighted by Gasteiger charge is -2.24. The van der Waals surface area contributed by atoms with E-state index >= 15 is 0 Å². The summed E-state index contributed by atoms with van der Waals surface area (Å²) in [7, 11) is 1.55. The average molecular weight is 718 g/mol. The van der Waals surface area contributed by atoms with Crippen molar-refractivity contribution in [2.75, 3.05) is 37.8 Å². The Morgan fingerprint density at radius 3 is 1.83 bits per heavy atom. The highest BCUT2D eigenvalue weighted by Crippen LogP contribution is 2.30. The van der Waals surface area contributed by atoms with Gasteiger partial charge in [0.2, 0.25) is 11.8 Å². The van der Waals surface area contributed by atoms with Gasteiger partial charge in [-0.05, 0) is 84.1 Å². The SMILES string of the molecule is COc1ccc(CN(Cc2ccc(OC)cc2)c2nc(C)nc(-c3cc(Cc4ccc(S(C)(=O)=O)cc4)cnc3Nc3ccc(OC)nc3)n2)cc1. The summed E-state index contributed by atoms with van der Waals surface area (Å²) in [6, 6.07) is 28.3. The summed E-state index contributed by atoms with van der Waals surface area (Å²) < 4.78 is 40.1. The standard InChI is InChI=1S/C39H39N7O5S/c1-26-42-38(45-39(43-26)46(24-28-6-13-32(49-2)14-7-28)25-29-8-15-33(50-3)16-9-29)35-21-30(20-27-10-17-34(18-11-27)52(5,47)48)22-41-37(35)44-31-12-19-36(51-4)40-23-31/h6-19,21-23H,20,24-25H2,1-5H3,(H,41,44). The highest BCUT2D eigenvalue weighted by molar-refractivity contribution is 7.90. The maximum atomic E-state index is 12.0. The minimum Gasteiger partial charge on any atom is -0.497 e. The molecule has 266 valence electrons. The van der Waals surface area contributed by atoms with E-state index in [1.54, 1.807) is 51.9 Å². The Hall–Kier alpha value is -6.08. The van der Waals surface area contributed by atoms with Gasteiger partial charge in [0.25, 0.3) is 0 Å². The fraction of sp³-hybridized carbons (Fsp3) is 0.205. The number of benzene rings is 3. The number of ether oxygens (including phenoxy) is 3. The topological polar surface area (TPSA) is 142 Å². The Morgan fingerprint density at radius 2 is 1.29 bits per heavy atom. The van der Waals surface area contributed by atoms with E-state index in [9.17, 15) is 8.42 Å². The molecular formula is C39H39N7O5S. The van der Waals surface area contributed by atoms with Crippen molar-refractivity contribution in [3.05, 3.63) is 131 Å². The van der Waals surface area contributed by atoms with Gasteiger partial charge in [-0.3, -0.25) is 0 Å². The Labute approximate surface area is 303 Å². The van der Waals surface area contributed by atoms with Crippen molar-refractivity contribution in [3.8, 4) is 28.8 Å². The molecule has 0 amide bonds. The number of sulfone groups is 1. The van der Waals surface area contributed by atoms with Crippen LogP contribution in [0.1, 0.15) is 28.1 Å². The molecule has 3 heterocycles. The van der Waals surface area contributed by atoms with E-state index in [-0.39, 0.29) is 4.90 Å². The van der Waals surface area contributed by atoms with E-state index in [0.29, 0.717) is 60.1 Å². The first-order valence-corrected chi connectivity index (χ1v) is 18.3. The van der Waals surface area contributed by atoms with Crippen LogP contribution < -0.4 is 24.4 Å². The quantitative estimate of drug-likeness (QED) is 0.130. The number of methoxy groups -OCH3 is 3. The first kappa shape index (κ1) is 35.7. The number of hydrogen-bond donors (Lipinski definition) is 1. The Balaban J connectivity index is 1.40. The first-order valence-electron chi connectivity index (χ1n) is 16.4. The molecule has 6 rings (SSSR count). The van der Waals surface area contributed by atoms with E-state index in [2.05, 4.69) is 15.2 Å². The zero-order valence-corrected chi connectivity index (χ0v) is 30.4. The fourth-order valence-corrected chi connectivity index (χ4v) is 6.14. The molecule has 0 aliphatic heterocycles. The van der Waals surface area contributed by atoms with Crippen LogP contribution in [0.2, 0.25) is 0 Å². The van der Waals surface area contributed by atoms with Crippen molar-refractivity contribution in [3.63, 3.8) is 0 Å². The number of aromatic nitrogens is 5. The Kier molecular flexibility index (Phi) is 10.9. The van der Waals surface area contributed by atoms with E-state index in [0.717, 1.165) is 33.8 Å². The lowest BCUT2D eigenvalue weighted by molar-refractivity contribution is 0.398. The van der Waals surface area contributed by atoms with Crippen LogP contribution in [0.5, 0.6) is 17.4 Å². The van der Waals surface area contributed by atoms with Gasteiger partial charge in [-0.25, -0.2) is 23.4 Å². The normalized spacial score (nSPS) is 11.2. The number of nitrogens with zero attached hydrogens (tertiary/aromatic N) is 6. The van der Waals surface area contributed by atoms with Crippen LogP contribution in [0.3, 0.4) is 0 Å². The van der Waals surface area contributed by atoms with Crippen molar-refractivity contribution < 1.29 is 22.6 Å². The molecule has 1 N–H and O–H groups in total. The molecule has 0 fully saturated rings. The molecule has 13 heteroatoms. The highest BCUT2D eigenvalue weighted by atomic mass is 32.2. The van der Waals surface area contributed by atoms with Crippen LogP contribution >= 0.6 is 0 Å². The van der Waals surface area contributed by atoms with Gasteiger partial charge >= 0.3 is 0 Å². The second-order valence-corrected chi connectivity index (χ2v) is 14.1. The Bertz CT molecular complexity index is 2180. The molecule has 0 aliphatic rings. The number of nitrogens with one attached hydrogen (secondary N) is 1.